The van der Waals surface area contributed by atoms with Crippen LogP contribution in [0.4, 0.5) is 10.1 Å². The van der Waals surface area contributed by atoms with Gasteiger partial charge in [0.25, 0.3) is 5.91 Å². The third-order valence-corrected chi connectivity index (χ3v) is 3.37. The van der Waals surface area contributed by atoms with Gasteiger partial charge in [-0.2, -0.15) is 0 Å². The molecule has 0 radical (unpaired) electrons. The predicted octanol–water partition coefficient (Wildman–Crippen LogP) is 3.67. The Balaban J connectivity index is 1.82. The Hall–Kier alpha value is -2.07. The maximum absolute atomic E-state index is 13.6. The number of rotatable bonds is 2. The summed E-state index contributed by atoms with van der Waals surface area (Å²) < 4.78 is 19.0. The molecule has 0 spiro atoms. The van der Waals surface area contributed by atoms with Crippen molar-refractivity contribution >= 4 is 23.2 Å². The number of hydrogen-bond acceptors (Lipinski definition) is 2. The van der Waals surface area contributed by atoms with Crippen LogP contribution in [-0.2, 0) is 6.42 Å². The molecular formula is C15H11ClFNO2. The number of amides is 1. The number of fused-ring (bicyclic) bond motifs is 1. The van der Waals surface area contributed by atoms with Gasteiger partial charge in [0.2, 0.25) is 0 Å². The van der Waals surface area contributed by atoms with Crippen molar-refractivity contribution in [2.24, 2.45) is 0 Å². The average molecular weight is 292 g/mol. The van der Waals surface area contributed by atoms with E-state index in [9.17, 15) is 9.18 Å². The van der Waals surface area contributed by atoms with E-state index in [0.717, 1.165) is 23.8 Å². The topological polar surface area (TPSA) is 38.3 Å². The molecule has 1 aliphatic rings. The van der Waals surface area contributed by atoms with Crippen molar-refractivity contribution in [3.8, 4) is 5.75 Å². The molecule has 0 atom stereocenters. The summed E-state index contributed by atoms with van der Waals surface area (Å²) in [5.41, 5.74) is 1.58. The Morgan fingerprint density at radius 2 is 2.10 bits per heavy atom. The van der Waals surface area contributed by atoms with Crippen molar-refractivity contribution in [1.29, 1.82) is 0 Å². The molecule has 3 nitrogen and oxygen atoms in total. The van der Waals surface area contributed by atoms with E-state index < -0.39 is 5.82 Å². The second-order valence-electron chi connectivity index (χ2n) is 4.50. The standard InChI is InChI=1S/C15H11ClFNO2/c16-11-2-3-13(12(17)8-11)18-15(19)10-1-4-14-9(7-10)5-6-20-14/h1-4,7-8H,5-6H2,(H,18,19). The van der Waals surface area contributed by atoms with Crippen LogP contribution in [0, 0.1) is 5.82 Å². The summed E-state index contributed by atoms with van der Waals surface area (Å²) in [5, 5.41) is 2.82. The van der Waals surface area contributed by atoms with E-state index in [-0.39, 0.29) is 16.6 Å². The first kappa shape index (κ1) is 12.9. The van der Waals surface area contributed by atoms with Crippen LogP contribution in [0.5, 0.6) is 5.75 Å². The van der Waals surface area contributed by atoms with Crippen molar-refractivity contribution in [1.82, 2.24) is 0 Å². The largest absolute Gasteiger partial charge is 0.493 e. The van der Waals surface area contributed by atoms with E-state index >= 15 is 0 Å². The van der Waals surface area contributed by atoms with Crippen molar-refractivity contribution in [3.05, 3.63) is 58.4 Å². The molecule has 102 valence electrons. The summed E-state index contributed by atoms with van der Waals surface area (Å²) >= 11 is 5.67. The van der Waals surface area contributed by atoms with E-state index in [0.29, 0.717) is 12.2 Å². The Labute approximate surface area is 120 Å². The molecule has 20 heavy (non-hydrogen) atoms. The smallest absolute Gasteiger partial charge is 0.255 e. The van der Waals surface area contributed by atoms with Crippen molar-refractivity contribution in [3.63, 3.8) is 0 Å². The Morgan fingerprint density at radius 3 is 2.90 bits per heavy atom. The summed E-state index contributed by atoms with van der Waals surface area (Å²) in [5.74, 6) is -0.115. The van der Waals surface area contributed by atoms with Gasteiger partial charge >= 0.3 is 0 Å². The molecule has 1 heterocycles. The molecular weight excluding hydrogens is 281 g/mol. The SMILES string of the molecule is O=C(Nc1ccc(Cl)cc1F)c1ccc2c(c1)CCO2. The molecule has 0 bridgehead atoms. The van der Waals surface area contributed by atoms with Crippen LogP contribution < -0.4 is 10.1 Å². The summed E-state index contributed by atoms with van der Waals surface area (Å²) in [6.07, 6.45) is 0.783. The molecule has 2 aromatic carbocycles. The zero-order chi connectivity index (χ0) is 14.1. The molecule has 5 heteroatoms. The third kappa shape index (κ3) is 2.47. The molecule has 0 aliphatic carbocycles. The number of benzene rings is 2. The fourth-order valence-corrected chi connectivity index (χ4v) is 2.27. The molecule has 0 fully saturated rings. The minimum Gasteiger partial charge on any atom is -0.493 e. The van der Waals surface area contributed by atoms with Crippen LogP contribution >= 0.6 is 11.6 Å². The highest BCUT2D eigenvalue weighted by molar-refractivity contribution is 6.30. The number of ether oxygens (including phenoxy) is 1. The Kier molecular flexibility index (Phi) is 3.32. The highest BCUT2D eigenvalue weighted by Crippen LogP contribution is 2.26. The van der Waals surface area contributed by atoms with Gasteiger partial charge in [-0.15, -0.1) is 0 Å². The third-order valence-electron chi connectivity index (χ3n) is 3.13. The number of hydrogen-bond donors (Lipinski definition) is 1. The first-order valence-corrected chi connectivity index (χ1v) is 6.53. The lowest BCUT2D eigenvalue weighted by Gasteiger charge is -2.07. The van der Waals surface area contributed by atoms with Crippen molar-refractivity contribution in [2.45, 2.75) is 6.42 Å². The van der Waals surface area contributed by atoms with Gasteiger partial charge in [-0.3, -0.25) is 4.79 Å². The highest BCUT2D eigenvalue weighted by Gasteiger charge is 2.16. The van der Waals surface area contributed by atoms with Gasteiger partial charge in [0.15, 0.2) is 0 Å². The molecule has 0 unspecified atom stereocenters. The zero-order valence-electron chi connectivity index (χ0n) is 10.5. The van der Waals surface area contributed by atoms with E-state index in [1.54, 1.807) is 18.2 Å². The van der Waals surface area contributed by atoms with Gasteiger partial charge < -0.3 is 10.1 Å². The van der Waals surface area contributed by atoms with Gasteiger partial charge in [0.1, 0.15) is 11.6 Å². The van der Waals surface area contributed by atoms with Gasteiger partial charge in [-0.1, -0.05) is 11.6 Å². The fourth-order valence-electron chi connectivity index (χ4n) is 2.11. The van der Waals surface area contributed by atoms with Crippen LogP contribution in [0.15, 0.2) is 36.4 Å². The first-order chi connectivity index (χ1) is 9.63. The monoisotopic (exact) mass is 291 g/mol. The Morgan fingerprint density at radius 1 is 1.25 bits per heavy atom. The molecule has 0 aromatic heterocycles. The molecule has 2 aromatic rings. The number of nitrogens with one attached hydrogen (secondary N) is 1. The second-order valence-corrected chi connectivity index (χ2v) is 4.94. The van der Waals surface area contributed by atoms with Crippen LogP contribution in [0.3, 0.4) is 0 Å². The maximum Gasteiger partial charge on any atom is 0.255 e. The average Bonchev–Trinajstić information content (AvgIpc) is 2.89. The van der Waals surface area contributed by atoms with Gasteiger partial charge in [0.05, 0.1) is 12.3 Å². The van der Waals surface area contributed by atoms with Gasteiger partial charge in [0, 0.05) is 17.0 Å². The quantitative estimate of drug-likeness (QED) is 0.917. The van der Waals surface area contributed by atoms with E-state index in [1.165, 1.54) is 12.1 Å². The maximum atomic E-state index is 13.6. The van der Waals surface area contributed by atoms with Crippen molar-refractivity contribution < 1.29 is 13.9 Å². The summed E-state index contributed by atoms with van der Waals surface area (Å²) in [6, 6.07) is 9.31. The fraction of sp³-hybridized carbons (Fsp3) is 0.133. The Bertz CT molecular complexity index is 688. The van der Waals surface area contributed by atoms with E-state index in [4.69, 9.17) is 16.3 Å². The summed E-state index contributed by atoms with van der Waals surface area (Å²) in [6.45, 7) is 0.631. The molecule has 1 N–H and O–H groups in total. The van der Waals surface area contributed by atoms with Crippen LogP contribution in [-0.4, -0.2) is 12.5 Å². The minimum atomic E-state index is -0.560. The first-order valence-electron chi connectivity index (χ1n) is 6.15. The molecule has 3 rings (SSSR count). The van der Waals surface area contributed by atoms with Crippen LogP contribution in [0.25, 0.3) is 0 Å². The lowest BCUT2D eigenvalue weighted by atomic mass is 10.1. The van der Waals surface area contributed by atoms with Crippen LogP contribution in [0.2, 0.25) is 5.02 Å². The van der Waals surface area contributed by atoms with E-state index in [1.807, 2.05) is 0 Å². The summed E-state index contributed by atoms with van der Waals surface area (Å²) in [7, 11) is 0. The van der Waals surface area contributed by atoms with Crippen molar-refractivity contribution in [2.75, 3.05) is 11.9 Å². The minimum absolute atomic E-state index is 0.108. The molecule has 1 amide bonds. The second kappa shape index (κ2) is 5.13. The molecule has 0 saturated carbocycles. The van der Waals surface area contributed by atoms with Crippen LogP contribution in [0.1, 0.15) is 15.9 Å². The highest BCUT2D eigenvalue weighted by atomic mass is 35.5. The van der Waals surface area contributed by atoms with Gasteiger partial charge in [-0.05, 0) is 42.0 Å². The molecule has 1 aliphatic heterocycles. The lowest BCUT2D eigenvalue weighted by Crippen LogP contribution is -2.13. The number of carbonyl (C=O) groups excluding carboxylic acids is 1. The summed E-state index contributed by atoms with van der Waals surface area (Å²) in [4.78, 5) is 12.1. The zero-order valence-corrected chi connectivity index (χ0v) is 11.2. The van der Waals surface area contributed by atoms with E-state index in [2.05, 4.69) is 5.32 Å². The normalized spacial score (nSPS) is 12.7. The number of halogens is 2. The number of anilines is 1. The predicted molar refractivity (Wildman–Crippen MR) is 75.0 cm³/mol. The lowest BCUT2D eigenvalue weighted by molar-refractivity contribution is 0.102. The van der Waals surface area contributed by atoms with Gasteiger partial charge in [-0.25, -0.2) is 4.39 Å². The number of carbonyl (C=O) groups is 1. The molecule has 0 saturated heterocycles.